The molecule has 1 N–H and O–H groups in total. The van der Waals surface area contributed by atoms with Gasteiger partial charge >= 0.3 is 5.97 Å². The van der Waals surface area contributed by atoms with E-state index in [4.69, 9.17) is 9.57 Å². The second-order valence-electron chi connectivity index (χ2n) is 5.06. The number of carbonyl (C=O) groups is 1. The van der Waals surface area contributed by atoms with Crippen molar-refractivity contribution in [1.82, 2.24) is 5.48 Å². The average Bonchev–Trinajstić information content (AvgIpc) is 2.94. The third-order valence-electron chi connectivity index (χ3n) is 3.91. The largest absolute Gasteiger partial charge is 0.460 e. The molecule has 0 bridgehead atoms. The first kappa shape index (κ1) is 13.3. The molecule has 2 aliphatic carbocycles. The van der Waals surface area contributed by atoms with Gasteiger partial charge in [0.15, 0.2) is 0 Å². The Labute approximate surface area is 108 Å². The molecule has 0 aliphatic heterocycles. The Bertz CT molecular complexity index is 340. The Hall–Kier alpha value is -1.13. The van der Waals surface area contributed by atoms with Crippen LogP contribution in [0.15, 0.2) is 24.8 Å². The molecule has 18 heavy (non-hydrogen) atoms. The van der Waals surface area contributed by atoms with Crippen molar-refractivity contribution >= 4 is 5.97 Å². The second kappa shape index (κ2) is 6.16. The van der Waals surface area contributed by atoms with Crippen molar-refractivity contribution in [3.8, 4) is 0 Å². The molecule has 1 fully saturated rings. The Kier molecular flexibility index (Phi) is 4.55. The first-order valence-electron chi connectivity index (χ1n) is 6.55. The molecule has 0 amide bonds. The molecule has 4 heteroatoms. The Morgan fingerprint density at radius 2 is 2.39 bits per heavy atom. The van der Waals surface area contributed by atoms with Gasteiger partial charge < -0.3 is 4.74 Å². The Morgan fingerprint density at radius 1 is 1.56 bits per heavy atom. The van der Waals surface area contributed by atoms with Gasteiger partial charge in [-0.15, -0.1) is 0 Å². The van der Waals surface area contributed by atoms with Gasteiger partial charge in [-0.05, 0) is 30.6 Å². The molecular formula is C14H21NO3. The van der Waals surface area contributed by atoms with Crippen molar-refractivity contribution in [2.75, 3.05) is 13.2 Å². The molecular weight excluding hydrogens is 230 g/mol. The molecule has 0 spiro atoms. The molecule has 100 valence electrons. The van der Waals surface area contributed by atoms with Crippen molar-refractivity contribution in [3.63, 3.8) is 0 Å². The number of ether oxygens (including phenoxy) is 1. The lowest BCUT2D eigenvalue weighted by molar-refractivity contribution is -0.140. The Morgan fingerprint density at radius 3 is 3.17 bits per heavy atom. The summed E-state index contributed by atoms with van der Waals surface area (Å²) in [4.78, 5) is 16.2. The van der Waals surface area contributed by atoms with Crippen molar-refractivity contribution in [2.45, 2.75) is 25.8 Å². The molecule has 0 heterocycles. The minimum atomic E-state index is -0.410. The summed E-state index contributed by atoms with van der Waals surface area (Å²) in [5.74, 6) is 1.69. The molecule has 0 radical (unpaired) electrons. The van der Waals surface area contributed by atoms with Gasteiger partial charge in [0.25, 0.3) is 0 Å². The zero-order valence-electron chi connectivity index (χ0n) is 10.8. The summed E-state index contributed by atoms with van der Waals surface area (Å²) >= 11 is 0. The van der Waals surface area contributed by atoms with Crippen LogP contribution in [0.3, 0.4) is 0 Å². The molecule has 4 atom stereocenters. The maximum absolute atomic E-state index is 10.8. The highest BCUT2D eigenvalue weighted by atomic mass is 16.7. The van der Waals surface area contributed by atoms with E-state index in [9.17, 15) is 4.79 Å². The van der Waals surface area contributed by atoms with Gasteiger partial charge in [-0.3, -0.25) is 4.84 Å². The second-order valence-corrected chi connectivity index (χ2v) is 5.06. The standard InChI is InChI=1S/C14H21NO3/c1-3-14(16)17-7-8-18-15-13-9-10(2)11-5-4-6-12(11)13/h3-4,6,10-13,15H,1,5,7-9H2,2H3. The number of hydrogen-bond acceptors (Lipinski definition) is 4. The fourth-order valence-corrected chi connectivity index (χ4v) is 3.00. The van der Waals surface area contributed by atoms with Crippen LogP contribution in [0.25, 0.3) is 0 Å². The summed E-state index contributed by atoms with van der Waals surface area (Å²) in [6.07, 6.45) is 8.06. The number of rotatable bonds is 6. The van der Waals surface area contributed by atoms with E-state index in [1.807, 2.05) is 0 Å². The normalized spacial score (nSPS) is 33.4. The average molecular weight is 251 g/mol. The number of hydroxylamine groups is 1. The lowest BCUT2D eigenvalue weighted by Crippen LogP contribution is -2.33. The number of nitrogens with one attached hydrogen (secondary N) is 1. The smallest absolute Gasteiger partial charge is 0.330 e. The van der Waals surface area contributed by atoms with Crippen LogP contribution in [-0.2, 0) is 14.4 Å². The van der Waals surface area contributed by atoms with E-state index in [1.54, 1.807) is 0 Å². The van der Waals surface area contributed by atoms with Crippen LogP contribution in [0.1, 0.15) is 19.8 Å². The topological polar surface area (TPSA) is 47.6 Å². The molecule has 4 nitrogen and oxygen atoms in total. The van der Waals surface area contributed by atoms with Crippen LogP contribution in [0.2, 0.25) is 0 Å². The molecule has 2 aliphatic rings. The summed E-state index contributed by atoms with van der Waals surface area (Å²) in [5, 5.41) is 0. The van der Waals surface area contributed by atoms with Gasteiger partial charge in [-0.1, -0.05) is 25.7 Å². The maximum Gasteiger partial charge on any atom is 0.330 e. The van der Waals surface area contributed by atoms with Gasteiger partial charge in [-0.25, -0.2) is 4.79 Å². The minimum absolute atomic E-state index is 0.254. The summed E-state index contributed by atoms with van der Waals surface area (Å²) in [7, 11) is 0. The minimum Gasteiger partial charge on any atom is -0.460 e. The number of carbonyl (C=O) groups excluding carboxylic acids is 1. The summed E-state index contributed by atoms with van der Waals surface area (Å²) < 4.78 is 4.83. The van der Waals surface area contributed by atoms with Crippen LogP contribution >= 0.6 is 0 Å². The first-order valence-corrected chi connectivity index (χ1v) is 6.55. The fourth-order valence-electron chi connectivity index (χ4n) is 3.00. The van der Waals surface area contributed by atoms with Crippen LogP contribution in [-0.4, -0.2) is 25.2 Å². The molecule has 0 saturated heterocycles. The highest BCUT2D eigenvalue weighted by Gasteiger charge is 2.41. The molecule has 4 unspecified atom stereocenters. The highest BCUT2D eigenvalue weighted by molar-refractivity contribution is 5.81. The van der Waals surface area contributed by atoms with Gasteiger partial charge in [0.2, 0.25) is 0 Å². The van der Waals surface area contributed by atoms with E-state index in [1.165, 1.54) is 6.42 Å². The van der Waals surface area contributed by atoms with E-state index in [-0.39, 0.29) is 6.61 Å². The monoisotopic (exact) mass is 251 g/mol. The summed E-state index contributed by atoms with van der Waals surface area (Å²) in [5.41, 5.74) is 3.11. The predicted octanol–water partition coefficient (Wildman–Crippen LogP) is 1.84. The molecule has 1 saturated carbocycles. The van der Waals surface area contributed by atoms with Gasteiger partial charge in [0, 0.05) is 12.1 Å². The van der Waals surface area contributed by atoms with Crippen LogP contribution < -0.4 is 5.48 Å². The number of hydrogen-bond donors (Lipinski definition) is 1. The van der Waals surface area contributed by atoms with E-state index in [0.717, 1.165) is 24.3 Å². The quantitative estimate of drug-likeness (QED) is 0.257. The van der Waals surface area contributed by atoms with Crippen molar-refractivity contribution in [1.29, 1.82) is 0 Å². The number of esters is 1. The highest BCUT2D eigenvalue weighted by Crippen LogP contribution is 2.43. The van der Waals surface area contributed by atoms with E-state index in [2.05, 4.69) is 31.1 Å². The zero-order valence-corrected chi connectivity index (χ0v) is 10.8. The van der Waals surface area contributed by atoms with Gasteiger partial charge in [-0.2, -0.15) is 5.48 Å². The van der Waals surface area contributed by atoms with E-state index in [0.29, 0.717) is 18.6 Å². The Balaban J connectivity index is 1.64. The third kappa shape index (κ3) is 3.00. The lowest BCUT2D eigenvalue weighted by Gasteiger charge is -2.18. The van der Waals surface area contributed by atoms with Crippen molar-refractivity contribution in [3.05, 3.63) is 24.8 Å². The summed E-state index contributed by atoms with van der Waals surface area (Å²) in [6.45, 7) is 6.25. The number of allylic oxidation sites excluding steroid dienone is 1. The van der Waals surface area contributed by atoms with Crippen molar-refractivity contribution in [2.24, 2.45) is 17.8 Å². The SMILES string of the molecule is C=CC(=O)OCCONC1CC(C)C2CC=CC12. The molecule has 2 rings (SSSR count). The number of fused-ring (bicyclic) bond motifs is 1. The van der Waals surface area contributed by atoms with Crippen LogP contribution in [0, 0.1) is 17.8 Å². The molecule has 0 aromatic rings. The van der Waals surface area contributed by atoms with E-state index < -0.39 is 5.97 Å². The summed E-state index contributed by atoms with van der Waals surface area (Å²) in [6, 6.07) is 0.388. The van der Waals surface area contributed by atoms with E-state index >= 15 is 0 Å². The zero-order chi connectivity index (χ0) is 13.0. The third-order valence-corrected chi connectivity index (χ3v) is 3.91. The molecule has 0 aromatic heterocycles. The van der Waals surface area contributed by atoms with Crippen LogP contribution in [0.5, 0.6) is 0 Å². The fraction of sp³-hybridized carbons (Fsp3) is 0.643. The van der Waals surface area contributed by atoms with Crippen LogP contribution in [0.4, 0.5) is 0 Å². The lowest BCUT2D eigenvalue weighted by atomic mass is 9.92. The first-order chi connectivity index (χ1) is 8.72. The predicted molar refractivity (Wildman–Crippen MR) is 68.5 cm³/mol. The van der Waals surface area contributed by atoms with Crippen molar-refractivity contribution < 1.29 is 14.4 Å². The van der Waals surface area contributed by atoms with Gasteiger partial charge in [0.1, 0.15) is 13.2 Å². The molecule has 0 aromatic carbocycles. The maximum atomic E-state index is 10.8. The van der Waals surface area contributed by atoms with Gasteiger partial charge in [0.05, 0.1) is 0 Å².